The minimum atomic E-state index is -0.164. The fourth-order valence-electron chi connectivity index (χ4n) is 3.65. The summed E-state index contributed by atoms with van der Waals surface area (Å²) in [4.78, 5) is 24.0. The van der Waals surface area contributed by atoms with Gasteiger partial charge in [-0.3, -0.25) is 10.2 Å². The summed E-state index contributed by atoms with van der Waals surface area (Å²) in [6.07, 6.45) is 6.55. The molecule has 1 heterocycles. The number of carbonyl (C=O) groups is 1. The third kappa shape index (κ3) is 4.27. The Morgan fingerprint density at radius 2 is 1.93 bits per heavy atom. The van der Waals surface area contributed by atoms with Crippen molar-refractivity contribution in [2.45, 2.75) is 44.6 Å². The molecule has 0 radical (unpaired) electrons. The van der Waals surface area contributed by atoms with E-state index in [9.17, 15) is 9.59 Å². The van der Waals surface area contributed by atoms with E-state index >= 15 is 0 Å². The highest BCUT2D eigenvalue weighted by Crippen LogP contribution is 2.33. The first-order valence-corrected chi connectivity index (χ1v) is 9.17. The maximum atomic E-state index is 12.8. The highest BCUT2D eigenvalue weighted by Gasteiger charge is 2.25. The summed E-state index contributed by atoms with van der Waals surface area (Å²) < 4.78 is 7.77. The average Bonchev–Trinajstić information content (AvgIpc) is 3.08. The van der Waals surface area contributed by atoms with Crippen LogP contribution in [0.5, 0.6) is 0 Å². The molecular formula is C19H25N5O3. The molecule has 0 amide bonds. The van der Waals surface area contributed by atoms with Crippen molar-refractivity contribution >= 4 is 11.8 Å². The molecule has 1 aliphatic carbocycles. The van der Waals surface area contributed by atoms with E-state index in [1.54, 1.807) is 28.9 Å². The average molecular weight is 371 g/mol. The van der Waals surface area contributed by atoms with Crippen LogP contribution in [0.15, 0.2) is 35.4 Å². The number of nitrogens with two attached hydrogens (primary N) is 1. The Kier molecular flexibility index (Phi) is 5.73. The van der Waals surface area contributed by atoms with E-state index < -0.39 is 0 Å². The fourth-order valence-corrected chi connectivity index (χ4v) is 3.65. The Morgan fingerprint density at radius 3 is 2.52 bits per heavy atom. The van der Waals surface area contributed by atoms with Gasteiger partial charge in [-0.2, -0.15) is 5.10 Å². The zero-order valence-corrected chi connectivity index (χ0v) is 15.4. The maximum Gasteiger partial charge on any atom is 0.350 e. The number of carbonyl (C=O) groups excluding carboxylic acids is 1. The monoisotopic (exact) mass is 371 g/mol. The van der Waals surface area contributed by atoms with Gasteiger partial charge in [0.15, 0.2) is 0 Å². The molecule has 3 N–H and O–H groups in total. The number of aromatic nitrogens is 3. The second kappa shape index (κ2) is 8.20. The van der Waals surface area contributed by atoms with E-state index in [1.165, 1.54) is 18.0 Å². The van der Waals surface area contributed by atoms with Crippen molar-refractivity contribution in [3.8, 4) is 5.69 Å². The van der Waals surface area contributed by atoms with Crippen LogP contribution in [0.3, 0.4) is 0 Å². The number of methoxy groups -OCH3 is 1. The predicted octanol–water partition coefficient (Wildman–Crippen LogP) is 2.00. The van der Waals surface area contributed by atoms with E-state index in [-0.39, 0.29) is 23.5 Å². The Morgan fingerprint density at radius 1 is 1.26 bits per heavy atom. The van der Waals surface area contributed by atoms with Crippen molar-refractivity contribution in [1.82, 2.24) is 14.3 Å². The molecule has 27 heavy (non-hydrogen) atoms. The van der Waals surface area contributed by atoms with E-state index in [0.717, 1.165) is 32.1 Å². The van der Waals surface area contributed by atoms with Gasteiger partial charge in [-0.25, -0.2) is 14.0 Å². The SMILES string of the molecule is COC(=O)CCC1CCC(n2ncn(-c3ccc(C(=N)N)cc3)c2=O)CC1. The molecule has 0 aliphatic heterocycles. The molecule has 0 atom stereocenters. The van der Waals surface area contributed by atoms with E-state index in [1.807, 2.05) is 0 Å². The van der Waals surface area contributed by atoms with Crippen LogP contribution >= 0.6 is 0 Å². The number of rotatable bonds is 6. The number of nitrogens with one attached hydrogen (secondary N) is 1. The van der Waals surface area contributed by atoms with E-state index in [4.69, 9.17) is 15.9 Å². The molecule has 1 saturated carbocycles. The minimum absolute atomic E-state index is 0.00597. The summed E-state index contributed by atoms with van der Waals surface area (Å²) >= 11 is 0. The largest absolute Gasteiger partial charge is 0.469 e. The van der Waals surface area contributed by atoms with Crippen molar-refractivity contribution in [3.05, 3.63) is 46.6 Å². The van der Waals surface area contributed by atoms with Crippen LogP contribution in [0.25, 0.3) is 5.69 Å². The van der Waals surface area contributed by atoms with Gasteiger partial charge in [0.1, 0.15) is 12.2 Å². The smallest absolute Gasteiger partial charge is 0.350 e. The Labute approximate surface area is 157 Å². The lowest BCUT2D eigenvalue weighted by Crippen LogP contribution is -2.30. The standard InChI is InChI=1S/C19H25N5O3/c1-27-17(25)11-4-13-2-7-16(8-3-13)24-19(26)23(12-22-24)15-9-5-14(6-10-15)18(20)21/h5-6,9-10,12-13,16H,2-4,7-8,11H2,1H3,(H3,20,21). The first-order valence-electron chi connectivity index (χ1n) is 9.17. The molecule has 2 aromatic rings. The Bertz CT molecular complexity index is 860. The molecule has 0 spiro atoms. The minimum Gasteiger partial charge on any atom is -0.469 e. The van der Waals surface area contributed by atoms with Crippen LogP contribution in [0.2, 0.25) is 0 Å². The molecule has 144 valence electrons. The number of amidine groups is 1. The summed E-state index contributed by atoms with van der Waals surface area (Å²) in [5.74, 6) is 0.327. The zero-order valence-electron chi connectivity index (χ0n) is 15.4. The van der Waals surface area contributed by atoms with Crippen molar-refractivity contribution < 1.29 is 9.53 Å². The van der Waals surface area contributed by atoms with Crippen LogP contribution in [-0.2, 0) is 9.53 Å². The summed E-state index contributed by atoms with van der Waals surface area (Å²) in [5.41, 5.74) is 6.61. The number of esters is 1. The van der Waals surface area contributed by atoms with Crippen LogP contribution in [0.1, 0.15) is 50.1 Å². The van der Waals surface area contributed by atoms with Gasteiger partial charge in [0.25, 0.3) is 0 Å². The second-order valence-corrected chi connectivity index (χ2v) is 6.98. The van der Waals surface area contributed by atoms with Gasteiger partial charge in [-0.1, -0.05) is 0 Å². The van der Waals surface area contributed by atoms with E-state index in [0.29, 0.717) is 23.6 Å². The lowest BCUT2D eigenvalue weighted by atomic mass is 9.83. The van der Waals surface area contributed by atoms with Crippen molar-refractivity contribution in [1.29, 1.82) is 5.41 Å². The van der Waals surface area contributed by atoms with Gasteiger partial charge < -0.3 is 10.5 Å². The third-order valence-electron chi connectivity index (χ3n) is 5.30. The number of benzene rings is 1. The van der Waals surface area contributed by atoms with Gasteiger partial charge in [-0.15, -0.1) is 0 Å². The fraction of sp³-hybridized carbons (Fsp3) is 0.474. The van der Waals surface area contributed by atoms with Crippen LogP contribution in [0.4, 0.5) is 0 Å². The molecule has 0 unspecified atom stereocenters. The van der Waals surface area contributed by atoms with Crippen LogP contribution in [-0.4, -0.2) is 33.3 Å². The molecule has 1 aliphatic rings. The second-order valence-electron chi connectivity index (χ2n) is 6.98. The van der Waals surface area contributed by atoms with Crippen molar-refractivity contribution in [2.24, 2.45) is 11.7 Å². The zero-order chi connectivity index (χ0) is 19.4. The lowest BCUT2D eigenvalue weighted by Gasteiger charge is -2.27. The first-order chi connectivity index (χ1) is 13.0. The topological polar surface area (TPSA) is 116 Å². The predicted molar refractivity (Wildman–Crippen MR) is 101 cm³/mol. The number of hydrogen-bond donors (Lipinski definition) is 2. The molecule has 0 saturated heterocycles. The maximum absolute atomic E-state index is 12.8. The number of ether oxygens (including phenoxy) is 1. The molecule has 1 fully saturated rings. The molecule has 3 rings (SSSR count). The molecule has 8 heteroatoms. The van der Waals surface area contributed by atoms with Gasteiger partial charge in [0.2, 0.25) is 0 Å². The molecule has 0 bridgehead atoms. The Balaban J connectivity index is 1.65. The summed E-state index contributed by atoms with van der Waals surface area (Å²) in [7, 11) is 1.41. The highest BCUT2D eigenvalue weighted by molar-refractivity contribution is 5.95. The molecule has 8 nitrogen and oxygen atoms in total. The Hall–Kier alpha value is -2.90. The summed E-state index contributed by atoms with van der Waals surface area (Å²) in [5, 5.41) is 11.8. The first kappa shape index (κ1) is 18.9. The number of nitrogen functional groups attached to an aromatic ring is 1. The third-order valence-corrected chi connectivity index (χ3v) is 5.30. The van der Waals surface area contributed by atoms with Gasteiger partial charge in [0.05, 0.1) is 18.8 Å². The normalized spacial score (nSPS) is 19.6. The van der Waals surface area contributed by atoms with Crippen molar-refractivity contribution in [2.75, 3.05) is 7.11 Å². The number of nitrogens with zero attached hydrogens (tertiary/aromatic N) is 3. The lowest BCUT2D eigenvalue weighted by molar-refractivity contribution is -0.141. The van der Waals surface area contributed by atoms with Gasteiger partial charge >= 0.3 is 11.7 Å². The van der Waals surface area contributed by atoms with Crippen LogP contribution in [0, 0.1) is 11.3 Å². The molecular weight excluding hydrogens is 346 g/mol. The summed E-state index contributed by atoms with van der Waals surface area (Å²) in [6.45, 7) is 0. The van der Waals surface area contributed by atoms with Gasteiger partial charge in [0, 0.05) is 12.0 Å². The summed E-state index contributed by atoms with van der Waals surface area (Å²) in [6, 6.07) is 7.04. The van der Waals surface area contributed by atoms with Gasteiger partial charge in [-0.05, 0) is 62.3 Å². The van der Waals surface area contributed by atoms with E-state index in [2.05, 4.69) is 5.10 Å². The molecule has 1 aromatic carbocycles. The van der Waals surface area contributed by atoms with Crippen LogP contribution < -0.4 is 11.4 Å². The number of hydrogen-bond acceptors (Lipinski definition) is 5. The highest BCUT2D eigenvalue weighted by atomic mass is 16.5. The van der Waals surface area contributed by atoms with Crippen molar-refractivity contribution in [3.63, 3.8) is 0 Å². The quantitative estimate of drug-likeness (QED) is 0.458. The molecule has 1 aromatic heterocycles.